The molecule has 0 atom stereocenters. The van der Waals surface area contributed by atoms with Crippen LogP contribution in [0.15, 0.2) is 24.4 Å². The van der Waals surface area contributed by atoms with Gasteiger partial charge in [-0.2, -0.15) is 0 Å². The minimum absolute atomic E-state index is 0.244. The van der Waals surface area contributed by atoms with Gasteiger partial charge in [-0.15, -0.1) is 0 Å². The summed E-state index contributed by atoms with van der Waals surface area (Å²) in [5.41, 5.74) is 2.80. The second-order valence-corrected chi connectivity index (χ2v) is 7.25. The van der Waals surface area contributed by atoms with Crippen molar-refractivity contribution in [1.82, 2.24) is 9.97 Å². The van der Waals surface area contributed by atoms with E-state index in [1.54, 1.807) is 19.4 Å². The molecular formula is C20H27N3O3. The number of aromatic nitrogens is 2. The van der Waals surface area contributed by atoms with Gasteiger partial charge in [-0.25, -0.2) is 9.78 Å². The predicted molar refractivity (Wildman–Crippen MR) is 102 cm³/mol. The van der Waals surface area contributed by atoms with Gasteiger partial charge in [-0.1, -0.05) is 6.07 Å². The number of carbonyl (C=O) groups excluding carboxylic acids is 1. The number of aryl methyl sites for hydroxylation is 2. The lowest BCUT2D eigenvalue weighted by Gasteiger charge is -2.27. The van der Waals surface area contributed by atoms with E-state index in [0.717, 1.165) is 28.3 Å². The van der Waals surface area contributed by atoms with Crippen molar-refractivity contribution in [2.24, 2.45) is 0 Å². The largest absolute Gasteiger partial charge is 0.496 e. The maximum Gasteiger partial charge on any atom is 0.416 e. The summed E-state index contributed by atoms with van der Waals surface area (Å²) in [7, 11) is 1.63. The molecule has 0 radical (unpaired) electrons. The van der Waals surface area contributed by atoms with Crippen LogP contribution in [-0.4, -0.2) is 28.8 Å². The summed E-state index contributed by atoms with van der Waals surface area (Å²) in [5.74, 6) is 1.30. The van der Waals surface area contributed by atoms with Crippen LogP contribution in [0.1, 0.15) is 43.3 Å². The van der Waals surface area contributed by atoms with Crippen LogP contribution in [0.2, 0.25) is 0 Å². The van der Waals surface area contributed by atoms with Gasteiger partial charge in [0.2, 0.25) is 0 Å². The van der Waals surface area contributed by atoms with Crippen LogP contribution in [0.25, 0.3) is 0 Å². The van der Waals surface area contributed by atoms with Gasteiger partial charge < -0.3 is 9.47 Å². The van der Waals surface area contributed by atoms with E-state index < -0.39 is 11.7 Å². The summed E-state index contributed by atoms with van der Waals surface area (Å²) in [6.45, 7) is 11.5. The first-order valence-corrected chi connectivity index (χ1v) is 8.55. The molecule has 0 bridgehead atoms. The Morgan fingerprint density at radius 2 is 1.88 bits per heavy atom. The Hall–Kier alpha value is -2.63. The highest BCUT2D eigenvalue weighted by Gasteiger charge is 2.26. The number of nitrogens with zero attached hydrogens (tertiary/aromatic N) is 3. The highest BCUT2D eigenvalue weighted by atomic mass is 16.6. The Labute approximate surface area is 155 Å². The molecule has 0 spiro atoms. The van der Waals surface area contributed by atoms with Crippen molar-refractivity contribution in [1.29, 1.82) is 0 Å². The lowest BCUT2D eigenvalue weighted by Crippen LogP contribution is -2.37. The van der Waals surface area contributed by atoms with E-state index in [2.05, 4.69) is 9.97 Å². The highest BCUT2D eigenvalue weighted by molar-refractivity contribution is 5.86. The third-order valence-electron chi connectivity index (χ3n) is 3.82. The standard InChI is InChI=1S/C20H27N3O3/c1-13-11-21-16(15(3)18(13)25-7)12-23(19(24)26-20(4,5)6)17-10-8-9-14(2)22-17/h8-11H,12H2,1-7H3. The lowest BCUT2D eigenvalue weighted by atomic mass is 10.1. The maximum absolute atomic E-state index is 12.8. The van der Waals surface area contributed by atoms with Crippen molar-refractivity contribution in [2.75, 3.05) is 12.0 Å². The van der Waals surface area contributed by atoms with Gasteiger partial charge in [0.25, 0.3) is 0 Å². The predicted octanol–water partition coefficient (Wildman–Crippen LogP) is 4.35. The summed E-state index contributed by atoms with van der Waals surface area (Å²) in [4.78, 5) is 23.3. The average Bonchev–Trinajstić information content (AvgIpc) is 2.53. The summed E-state index contributed by atoms with van der Waals surface area (Å²) in [5, 5.41) is 0. The molecule has 0 unspecified atom stereocenters. The fraction of sp³-hybridized carbons (Fsp3) is 0.450. The summed E-state index contributed by atoms with van der Waals surface area (Å²) < 4.78 is 11.0. The van der Waals surface area contributed by atoms with Gasteiger partial charge in [-0.05, 0) is 53.7 Å². The Kier molecular flexibility index (Phi) is 5.85. The van der Waals surface area contributed by atoms with Crippen LogP contribution in [0.3, 0.4) is 0 Å². The summed E-state index contributed by atoms with van der Waals surface area (Å²) in [6.07, 6.45) is 1.29. The normalized spacial score (nSPS) is 11.2. The van der Waals surface area contributed by atoms with Crippen molar-refractivity contribution in [2.45, 2.75) is 53.7 Å². The fourth-order valence-electron chi connectivity index (χ4n) is 2.62. The minimum atomic E-state index is -0.605. The summed E-state index contributed by atoms with van der Waals surface area (Å²) in [6, 6.07) is 5.54. The maximum atomic E-state index is 12.8. The molecule has 6 nitrogen and oxygen atoms in total. The van der Waals surface area contributed by atoms with Gasteiger partial charge in [-0.3, -0.25) is 9.88 Å². The highest BCUT2D eigenvalue weighted by Crippen LogP contribution is 2.26. The minimum Gasteiger partial charge on any atom is -0.496 e. The molecule has 140 valence electrons. The first-order valence-electron chi connectivity index (χ1n) is 8.55. The molecule has 26 heavy (non-hydrogen) atoms. The van der Waals surface area contributed by atoms with E-state index in [4.69, 9.17) is 9.47 Å². The number of anilines is 1. The Morgan fingerprint density at radius 3 is 2.46 bits per heavy atom. The number of methoxy groups -OCH3 is 1. The van der Waals surface area contributed by atoms with Crippen LogP contribution in [0, 0.1) is 20.8 Å². The lowest BCUT2D eigenvalue weighted by molar-refractivity contribution is 0.0576. The Bertz CT molecular complexity index is 797. The summed E-state index contributed by atoms with van der Waals surface area (Å²) >= 11 is 0. The SMILES string of the molecule is COc1c(C)cnc(CN(C(=O)OC(C)(C)C)c2cccc(C)n2)c1C. The molecule has 2 heterocycles. The number of hydrogen-bond acceptors (Lipinski definition) is 5. The quantitative estimate of drug-likeness (QED) is 0.814. The smallest absolute Gasteiger partial charge is 0.416 e. The molecular weight excluding hydrogens is 330 g/mol. The molecule has 0 fully saturated rings. The first-order chi connectivity index (χ1) is 12.1. The molecule has 0 saturated heterocycles. The number of ether oxygens (including phenoxy) is 2. The van der Waals surface area contributed by atoms with Crippen LogP contribution in [0.5, 0.6) is 5.75 Å². The monoisotopic (exact) mass is 357 g/mol. The van der Waals surface area contributed by atoms with Gasteiger partial charge in [0, 0.05) is 23.0 Å². The number of rotatable bonds is 4. The van der Waals surface area contributed by atoms with Gasteiger partial charge in [0.1, 0.15) is 17.2 Å². The molecule has 6 heteroatoms. The van der Waals surface area contributed by atoms with Crippen molar-refractivity contribution in [3.63, 3.8) is 0 Å². The topological polar surface area (TPSA) is 64.5 Å². The van der Waals surface area contributed by atoms with Crippen molar-refractivity contribution in [3.8, 4) is 5.75 Å². The third kappa shape index (κ3) is 4.71. The first kappa shape index (κ1) is 19.7. The van der Waals surface area contributed by atoms with Crippen molar-refractivity contribution >= 4 is 11.9 Å². The molecule has 0 aliphatic rings. The number of amides is 1. The molecule has 0 N–H and O–H groups in total. The third-order valence-corrected chi connectivity index (χ3v) is 3.82. The molecule has 0 saturated carbocycles. The van der Waals surface area contributed by atoms with E-state index >= 15 is 0 Å². The number of pyridine rings is 2. The zero-order valence-electron chi connectivity index (χ0n) is 16.6. The van der Waals surface area contributed by atoms with Crippen LogP contribution >= 0.6 is 0 Å². The van der Waals surface area contributed by atoms with Crippen LogP contribution in [0.4, 0.5) is 10.6 Å². The zero-order valence-corrected chi connectivity index (χ0v) is 16.6. The van der Waals surface area contributed by atoms with Crippen molar-refractivity contribution < 1.29 is 14.3 Å². The number of carbonyl (C=O) groups is 1. The van der Waals surface area contributed by atoms with E-state index in [9.17, 15) is 4.79 Å². The fourth-order valence-corrected chi connectivity index (χ4v) is 2.62. The molecule has 0 aliphatic heterocycles. The van der Waals surface area contributed by atoms with Gasteiger partial charge in [0.15, 0.2) is 0 Å². The van der Waals surface area contributed by atoms with E-state index in [1.807, 2.05) is 53.7 Å². The molecule has 2 aromatic heterocycles. The van der Waals surface area contributed by atoms with Gasteiger partial charge in [0.05, 0.1) is 19.3 Å². The van der Waals surface area contributed by atoms with Crippen LogP contribution < -0.4 is 9.64 Å². The van der Waals surface area contributed by atoms with Gasteiger partial charge >= 0.3 is 6.09 Å². The molecule has 0 aliphatic carbocycles. The Balaban J connectivity index is 2.44. The van der Waals surface area contributed by atoms with Crippen LogP contribution in [-0.2, 0) is 11.3 Å². The van der Waals surface area contributed by atoms with E-state index in [1.165, 1.54) is 4.90 Å². The van der Waals surface area contributed by atoms with E-state index in [-0.39, 0.29) is 6.54 Å². The second kappa shape index (κ2) is 7.72. The van der Waals surface area contributed by atoms with Crippen molar-refractivity contribution in [3.05, 3.63) is 46.9 Å². The molecule has 2 rings (SSSR count). The van der Waals surface area contributed by atoms with E-state index in [0.29, 0.717) is 5.82 Å². The Morgan fingerprint density at radius 1 is 1.19 bits per heavy atom. The average molecular weight is 357 g/mol. The second-order valence-electron chi connectivity index (χ2n) is 7.25. The zero-order chi connectivity index (χ0) is 19.5. The molecule has 0 aromatic carbocycles. The molecule has 2 aromatic rings. The number of hydrogen-bond donors (Lipinski definition) is 0. The molecule has 1 amide bonds.